The van der Waals surface area contributed by atoms with Crippen molar-refractivity contribution in [3.8, 4) is 17.3 Å². The second-order valence-corrected chi connectivity index (χ2v) is 8.58. The highest BCUT2D eigenvalue weighted by Gasteiger charge is 2.37. The van der Waals surface area contributed by atoms with Gasteiger partial charge in [-0.1, -0.05) is 38.3 Å². The molecule has 0 amide bonds. The maximum absolute atomic E-state index is 14.8. The number of aliphatic hydroxyl groups excluding tert-OH is 1. The molecule has 7 heteroatoms. The molecule has 166 valence electrons. The first-order valence-corrected chi connectivity index (χ1v) is 11.5. The Kier molecular flexibility index (Phi) is 7.51. The quantitative estimate of drug-likeness (QED) is 0.648. The molecule has 0 atom stereocenters. The van der Waals surface area contributed by atoms with Gasteiger partial charge in [-0.15, -0.1) is 0 Å². The van der Waals surface area contributed by atoms with Crippen LogP contribution in [-0.4, -0.2) is 28.2 Å². The van der Waals surface area contributed by atoms with Crippen LogP contribution in [0.5, 0.6) is 0 Å². The zero-order valence-corrected chi connectivity index (χ0v) is 19.3. The van der Waals surface area contributed by atoms with Crippen molar-refractivity contribution >= 4 is 17.4 Å². The Labute approximate surface area is 188 Å². The van der Waals surface area contributed by atoms with Gasteiger partial charge < -0.3 is 10.0 Å². The van der Waals surface area contributed by atoms with Gasteiger partial charge in [0, 0.05) is 18.7 Å². The Hall–Kier alpha value is -2.23. The first kappa shape index (κ1) is 23.4. The molecule has 0 unspecified atom stereocenters. The summed E-state index contributed by atoms with van der Waals surface area (Å²) < 4.78 is 14.8. The third-order valence-corrected chi connectivity index (χ3v) is 6.83. The first-order valence-electron chi connectivity index (χ1n) is 11.1. The lowest BCUT2D eigenvalue weighted by Crippen LogP contribution is -2.40. The smallest absolute Gasteiger partial charge is 0.153 e. The molecule has 4 rings (SSSR count). The second-order valence-electron chi connectivity index (χ2n) is 8.18. The molecule has 1 aliphatic heterocycles. The van der Waals surface area contributed by atoms with Crippen LogP contribution < -0.4 is 4.90 Å². The molecule has 0 radical (unpaired) electrons. The molecule has 31 heavy (non-hydrogen) atoms. The van der Waals surface area contributed by atoms with Crippen LogP contribution in [-0.2, 0) is 6.61 Å². The number of aromatic nitrogens is 2. The van der Waals surface area contributed by atoms with Gasteiger partial charge in [-0.2, -0.15) is 5.26 Å². The monoisotopic (exact) mass is 444 g/mol. The van der Waals surface area contributed by atoms with Gasteiger partial charge in [0.1, 0.15) is 17.3 Å². The summed E-state index contributed by atoms with van der Waals surface area (Å²) in [5.41, 5.74) is 1.76. The van der Waals surface area contributed by atoms with Crippen LogP contribution in [0, 0.1) is 29.5 Å². The zero-order valence-electron chi connectivity index (χ0n) is 18.5. The van der Waals surface area contributed by atoms with Gasteiger partial charge in [0.15, 0.2) is 11.6 Å². The Bertz CT molecular complexity index is 973. The number of rotatable bonds is 3. The van der Waals surface area contributed by atoms with E-state index in [0.717, 1.165) is 25.9 Å². The first-order chi connectivity index (χ1) is 15.0. The molecule has 1 saturated carbocycles. The summed E-state index contributed by atoms with van der Waals surface area (Å²) >= 11 is 5.92. The van der Waals surface area contributed by atoms with E-state index in [-0.39, 0.29) is 22.8 Å². The van der Waals surface area contributed by atoms with E-state index in [4.69, 9.17) is 16.6 Å². The molecule has 2 aromatic rings. The van der Waals surface area contributed by atoms with E-state index in [2.05, 4.69) is 9.88 Å². The lowest BCUT2D eigenvalue weighted by molar-refractivity contribution is 0.225. The van der Waals surface area contributed by atoms with Gasteiger partial charge in [-0.25, -0.2) is 14.4 Å². The van der Waals surface area contributed by atoms with Gasteiger partial charge in [-0.3, -0.25) is 0 Å². The molecule has 1 aromatic heterocycles. The molecule has 1 saturated heterocycles. The largest absolute Gasteiger partial charge is 0.390 e. The molecule has 1 aromatic carbocycles. The minimum atomic E-state index is -0.713. The minimum absolute atomic E-state index is 0.0625. The summed E-state index contributed by atoms with van der Waals surface area (Å²) in [6, 6.07) is 4.78. The molecule has 1 spiro atoms. The van der Waals surface area contributed by atoms with Crippen LogP contribution >= 0.6 is 11.6 Å². The highest BCUT2D eigenvalue weighted by molar-refractivity contribution is 6.31. The molecular formula is C24H30ClFN4O. The SMILES string of the molecule is CC.Cc1nc(N2CCC3(CCCC3)CC2)c(CO)nc1-c1ccc(Cl)c(C#N)c1F. The van der Waals surface area contributed by atoms with Crippen molar-refractivity contribution in [1.82, 2.24) is 9.97 Å². The summed E-state index contributed by atoms with van der Waals surface area (Å²) in [5, 5.41) is 19.2. The third kappa shape index (κ3) is 4.53. The normalized spacial score (nSPS) is 17.3. The number of aryl methyl sites for hydroxylation is 1. The van der Waals surface area contributed by atoms with Gasteiger partial charge >= 0.3 is 0 Å². The Morgan fingerprint density at radius 3 is 2.39 bits per heavy atom. The van der Waals surface area contributed by atoms with Gasteiger partial charge in [0.2, 0.25) is 0 Å². The number of aliphatic hydroxyl groups is 1. The number of anilines is 1. The van der Waals surface area contributed by atoms with Crippen LogP contribution in [0.15, 0.2) is 12.1 Å². The van der Waals surface area contributed by atoms with E-state index in [9.17, 15) is 14.8 Å². The average molecular weight is 445 g/mol. The number of benzene rings is 1. The van der Waals surface area contributed by atoms with Crippen molar-refractivity contribution < 1.29 is 9.50 Å². The second kappa shape index (κ2) is 9.93. The number of hydrogen-bond acceptors (Lipinski definition) is 5. The number of nitriles is 1. The molecule has 1 aliphatic carbocycles. The number of nitrogens with zero attached hydrogens (tertiary/aromatic N) is 4. The molecular weight excluding hydrogens is 415 g/mol. The van der Waals surface area contributed by atoms with Crippen molar-refractivity contribution in [2.45, 2.75) is 65.9 Å². The van der Waals surface area contributed by atoms with E-state index in [0.29, 0.717) is 28.3 Å². The van der Waals surface area contributed by atoms with Crippen molar-refractivity contribution in [2.24, 2.45) is 5.41 Å². The maximum atomic E-state index is 14.8. The zero-order chi connectivity index (χ0) is 22.6. The fourth-order valence-corrected chi connectivity index (χ4v) is 5.00. The molecule has 2 heterocycles. The molecule has 5 nitrogen and oxygen atoms in total. The Morgan fingerprint density at radius 2 is 1.81 bits per heavy atom. The fourth-order valence-electron chi connectivity index (χ4n) is 4.81. The highest BCUT2D eigenvalue weighted by atomic mass is 35.5. The molecule has 0 bridgehead atoms. The van der Waals surface area contributed by atoms with Crippen LogP contribution in [0.4, 0.5) is 10.2 Å². The summed E-state index contributed by atoms with van der Waals surface area (Å²) in [6.45, 7) is 7.29. The van der Waals surface area contributed by atoms with Gasteiger partial charge in [0.05, 0.1) is 23.0 Å². The Morgan fingerprint density at radius 1 is 1.16 bits per heavy atom. The van der Waals surface area contributed by atoms with E-state index in [1.165, 1.54) is 37.8 Å². The van der Waals surface area contributed by atoms with E-state index in [1.54, 1.807) is 13.0 Å². The van der Waals surface area contributed by atoms with Crippen LogP contribution in [0.3, 0.4) is 0 Å². The predicted molar refractivity (Wildman–Crippen MR) is 122 cm³/mol. The van der Waals surface area contributed by atoms with E-state index < -0.39 is 5.82 Å². The van der Waals surface area contributed by atoms with Crippen LogP contribution in [0.1, 0.15) is 69.3 Å². The number of halogens is 2. The fraction of sp³-hybridized carbons (Fsp3) is 0.542. The molecule has 1 N–H and O–H groups in total. The van der Waals surface area contributed by atoms with Crippen molar-refractivity contribution in [3.63, 3.8) is 0 Å². The standard InChI is InChI=1S/C22H24ClFN4O.C2H6/c1-14-20(15-4-5-17(23)16(12-25)19(15)24)27-18(13-29)21(26-14)28-10-8-22(9-11-28)6-2-3-7-22;1-2/h4-5,29H,2-3,6-11,13H2,1H3;1-2H3. The third-order valence-electron chi connectivity index (χ3n) is 6.52. The lowest BCUT2D eigenvalue weighted by Gasteiger charge is -2.40. The molecule has 2 fully saturated rings. The van der Waals surface area contributed by atoms with Crippen molar-refractivity contribution in [2.75, 3.05) is 18.0 Å². The summed E-state index contributed by atoms with van der Waals surface area (Å²) in [5.74, 6) is -0.0355. The van der Waals surface area contributed by atoms with Crippen LogP contribution in [0.25, 0.3) is 11.3 Å². The number of piperidine rings is 1. The predicted octanol–water partition coefficient (Wildman–Crippen LogP) is 5.80. The topological polar surface area (TPSA) is 73.0 Å². The average Bonchev–Trinajstić information content (AvgIpc) is 3.24. The maximum Gasteiger partial charge on any atom is 0.153 e. The van der Waals surface area contributed by atoms with Crippen molar-refractivity contribution in [1.29, 1.82) is 5.26 Å². The van der Waals surface area contributed by atoms with E-state index in [1.807, 2.05) is 13.8 Å². The van der Waals surface area contributed by atoms with E-state index >= 15 is 0 Å². The van der Waals surface area contributed by atoms with Crippen LogP contribution in [0.2, 0.25) is 5.02 Å². The Balaban J connectivity index is 0.00000132. The highest BCUT2D eigenvalue weighted by Crippen LogP contribution is 2.46. The van der Waals surface area contributed by atoms with Gasteiger partial charge in [-0.05, 0) is 50.2 Å². The summed E-state index contributed by atoms with van der Waals surface area (Å²) in [7, 11) is 0. The number of hydrogen-bond donors (Lipinski definition) is 1. The minimum Gasteiger partial charge on any atom is -0.390 e. The lowest BCUT2D eigenvalue weighted by atomic mass is 9.77. The van der Waals surface area contributed by atoms with Crippen molar-refractivity contribution in [3.05, 3.63) is 39.9 Å². The molecule has 2 aliphatic rings. The van der Waals surface area contributed by atoms with Gasteiger partial charge in [0.25, 0.3) is 0 Å². The summed E-state index contributed by atoms with van der Waals surface area (Å²) in [4.78, 5) is 11.4. The summed E-state index contributed by atoms with van der Waals surface area (Å²) in [6.07, 6.45) is 7.55.